The fourth-order valence-electron chi connectivity index (χ4n) is 4.38. The van der Waals surface area contributed by atoms with Gasteiger partial charge in [0.05, 0.1) is 12.0 Å². The third-order valence-corrected chi connectivity index (χ3v) is 6.92. The number of rotatable bonds is 7. The summed E-state index contributed by atoms with van der Waals surface area (Å²) < 4.78 is 0. The van der Waals surface area contributed by atoms with E-state index in [9.17, 15) is 4.79 Å². The Morgan fingerprint density at radius 3 is 1.97 bits per heavy atom. The molecule has 1 saturated heterocycles. The minimum Gasteiger partial charge on any atom is -0.353 e. The van der Waals surface area contributed by atoms with Crippen LogP contribution in [-0.2, 0) is 4.79 Å². The van der Waals surface area contributed by atoms with E-state index in [0.29, 0.717) is 6.54 Å². The molecule has 3 nitrogen and oxygen atoms in total. The monoisotopic (exact) mass is 418 g/mol. The number of hydrogen-bond acceptors (Lipinski definition) is 3. The first kappa shape index (κ1) is 20.8. The summed E-state index contributed by atoms with van der Waals surface area (Å²) in [5, 5.41) is 5.45. The van der Waals surface area contributed by atoms with Crippen LogP contribution < -0.4 is 5.32 Å². The van der Waals surface area contributed by atoms with Crippen molar-refractivity contribution in [2.75, 3.05) is 19.6 Å². The Balaban J connectivity index is 1.53. The zero-order chi connectivity index (χ0) is 20.6. The molecular weight excluding hydrogens is 388 g/mol. The average molecular weight is 419 g/mol. The number of benzene rings is 2. The molecule has 30 heavy (non-hydrogen) atoms. The topological polar surface area (TPSA) is 32.3 Å². The first-order chi connectivity index (χ1) is 14.8. The largest absolute Gasteiger partial charge is 0.353 e. The van der Waals surface area contributed by atoms with Crippen LogP contribution in [0.5, 0.6) is 0 Å². The number of likely N-dealkylation sites (tertiary alicyclic amines) is 1. The highest BCUT2D eigenvalue weighted by Crippen LogP contribution is 2.29. The second-order valence-electron chi connectivity index (χ2n) is 7.98. The van der Waals surface area contributed by atoms with Crippen LogP contribution in [0.3, 0.4) is 0 Å². The quantitative estimate of drug-likeness (QED) is 0.541. The van der Waals surface area contributed by atoms with Gasteiger partial charge in [-0.25, -0.2) is 0 Å². The molecule has 0 saturated carbocycles. The lowest BCUT2D eigenvalue weighted by Gasteiger charge is -2.31. The van der Waals surface area contributed by atoms with E-state index in [2.05, 4.69) is 27.7 Å². The summed E-state index contributed by atoms with van der Waals surface area (Å²) in [6.45, 7) is 2.87. The minimum atomic E-state index is -0.291. The van der Waals surface area contributed by atoms with Crippen molar-refractivity contribution >= 4 is 17.2 Å². The molecule has 0 spiro atoms. The summed E-state index contributed by atoms with van der Waals surface area (Å²) in [6, 6.07) is 24.8. The van der Waals surface area contributed by atoms with E-state index in [0.717, 1.165) is 24.2 Å². The Bertz CT molecular complexity index is 848. The fourth-order valence-corrected chi connectivity index (χ4v) is 5.24. The van der Waals surface area contributed by atoms with Crippen molar-refractivity contribution in [3.05, 3.63) is 94.2 Å². The summed E-state index contributed by atoms with van der Waals surface area (Å²) >= 11 is 1.79. The van der Waals surface area contributed by atoms with E-state index in [4.69, 9.17) is 0 Å². The molecule has 4 rings (SSSR count). The Morgan fingerprint density at radius 2 is 1.43 bits per heavy atom. The van der Waals surface area contributed by atoms with Gasteiger partial charge in [-0.05, 0) is 48.5 Å². The van der Waals surface area contributed by atoms with Crippen LogP contribution in [0, 0.1) is 0 Å². The van der Waals surface area contributed by atoms with E-state index in [-0.39, 0.29) is 17.9 Å². The van der Waals surface area contributed by atoms with Gasteiger partial charge in [0, 0.05) is 11.4 Å². The molecule has 1 aliphatic rings. The maximum atomic E-state index is 13.4. The lowest BCUT2D eigenvalue weighted by Crippen LogP contribution is -2.40. The van der Waals surface area contributed by atoms with Crippen LogP contribution in [-0.4, -0.2) is 30.4 Å². The van der Waals surface area contributed by atoms with Crippen molar-refractivity contribution in [2.24, 2.45) is 0 Å². The second-order valence-corrected chi connectivity index (χ2v) is 8.96. The van der Waals surface area contributed by atoms with Crippen molar-refractivity contribution in [3.8, 4) is 0 Å². The number of hydrogen-bond donors (Lipinski definition) is 1. The number of carbonyl (C=O) groups excluding carboxylic acids is 1. The zero-order valence-corrected chi connectivity index (χ0v) is 18.2. The third kappa shape index (κ3) is 5.18. The Labute approximate surface area is 183 Å². The molecule has 0 aliphatic carbocycles. The average Bonchev–Trinajstić information content (AvgIpc) is 3.18. The molecule has 1 aromatic heterocycles. The predicted octanol–water partition coefficient (Wildman–Crippen LogP) is 5.61. The zero-order valence-electron chi connectivity index (χ0n) is 17.4. The molecule has 2 heterocycles. The lowest BCUT2D eigenvalue weighted by atomic mass is 9.90. The molecule has 4 heteroatoms. The summed E-state index contributed by atoms with van der Waals surface area (Å²) in [7, 11) is 0. The van der Waals surface area contributed by atoms with Gasteiger partial charge in [0.15, 0.2) is 0 Å². The van der Waals surface area contributed by atoms with Gasteiger partial charge < -0.3 is 5.32 Å². The van der Waals surface area contributed by atoms with Crippen LogP contribution in [0.1, 0.15) is 53.6 Å². The van der Waals surface area contributed by atoms with Crippen molar-refractivity contribution in [3.63, 3.8) is 0 Å². The highest BCUT2D eigenvalue weighted by Gasteiger charge is 2.26. The van der Waals surface area contributed by atoms with Crippen molar-refractivity contribution in [2.45, 2.75) is 37.6 Å². The SMILES string of the molecule is O=C(NC[C@@H](c1cccs1)N1CCCCCC1)C(c1ccccc1)c1ccccc1. The van der Waals surface area contributed by atoms with Crippen molar-refractivity contribution in [1.29, 1.82) is 0 Å². The third-order valence-electron chi connectivity index (χ3n) is 5.95. The highest BCUT2D eigenvalue weighted by molar-refractivity contribution is 7.10. The first-order valence-electron chi connectivity index (χ1n) is 11.0. The normalized spacial score (nSPS) is 16.2. The number of thiophene rings is 1. The summed E-state index contributed by atoms with van der Waals surface area (Å²) in [5.41, 5.74) is 2.06. The standard InChI is InChI=1S/C26H30N2OS/c29-26(25(21-12-5-3-6-13-21)22-14-7-4-8-15-22)27-20-23(24-16-11-19-30-24)28-17-9-1-2-10-18-28/h3-8,11-16,19,23,25H,1-2,9-10,17-18,20H2,(H,27,29)/t23-/m0/s1. The maximum absolute atomic E-state index is 13.4. The van der Waals surface area contributed by atoms with Crippen molar-refractivity contribution in [1.82, 2.24) is 10.2 Å². The summed E-state index contributed by atoms with van der Waals surface area (Å²) in [5.74, 6) is -0.218. The smallest absolute Gasteiger partial charge is 0.232 e. The molecule has 0 bridgehead atoms. The number of carbonyl (C=O) groups is 1. The van der Waals surface area contributed by atoms with E-state index in [1.165, 1.54) is 30.6 Å². The number of amides is 1. The molecule has 0 radical (unpaired) electrons. The summed E-state index contributed by atoms with van der Waals surface area (Å²) in [6.07, 6.45) is 5.10. The molecule has 0 unspecified atom stereocenters. The van der Waals surface area contributed by atoms with Gasteiger partial charge in [-0.2, -0.15) is 0 Å². The number of nitrogens with one attached hydrogen (secondary N) is 1. The second kappa shape index (κ2) is 10.6. The van der Waals surface area contributed by atoms with Crippen molar-refractivity contribution < 1.29 is 4.79 Å². The van der Waals surface area contributed by atoms with Crippen LogP contribution in [0.2, 0.25) is 0 Å². The van der Waals surface area contributed by atoms with Crippen LogP contribution in [0.25, 0.3) is 0 Å². The molecule has 3 aromatic rings. The van der Waals surface area contributed by atoms with E-state index < -0.39 is 0 Å². The van der Waals surface area contributed by atoms with Crippen LogP contribution in [0.4, 0.5) is 0 Å². The van der Waals surface area contributed by atoms with E-state index >= 15 is 0 Å². The minimum absolute atomic E-state index is 0.0729. The predicted molar refractivity (Wildman–Crippen MR) is 125 cm³/mol. The molecule has 1 fully saturated rings. The van der Waals surface area contributed by atoms with Gasteiger partial charge in [-0.3, -0.25) is 9.69 Å². The maximum Gasteiger partial charge on any atom is 0.232 e. The van der Waals surface area contributed by atoms with Gasteiger partial charge in [0.25, 0.3) is 0 Å². The first-order valence-corrected chi connectivity index (χ1v) is 11.9. The van der Waals surface area contributed by atoms with E-state index in [1.54, 1.807) is 11.3 Å². The molecule has 2 aromatic carbocycles. The Morgan fingerprint density at radius 1 is 0.833 bits per heavy atom. The van der Waals surface area contributed by atoms with Gasteiger partial charge in [-0.1, -0.05) is 79.6 Å². The molecule has 1 atom stereocenters. The number of nitrogens with zero attached hydrogens (tertiary/aromatic N) is 1. The molecule has 1 amide bonds. The van der Waals surface area contributed by atoms with Crippen LogP contribution >= 0.6 is 11.3 Å². The Hall–Kier alpha value is -2.43. The fraction of sp³-hybridized carbons (Fsp3) is 0.346. The molecular formula is C26H30N2OS. The molecule has 156 valence electrons. The lowest BCUT2D eigenvalue weighted by molar-refractivity contribution is -0.122. The molecule has 1 N–H and O–H groups in total. The highest BCUT2D eigenvalue weighted by atomic mass is 32.1. The van der Waals surface area contributed by atoms with Gasteiger partial charge in [0.2, 0.25) is 5.91 Å². The summed E-state index contributed by atoms with van der Waals surface area (Å²) in [4.78, 5) is 17.4. The van der Waals surface area contributed by atoms with Gasteiger partial charge in [-0.15, -0.1) is 11.3 Å². The molecule has 1 aliphatic heterocycles. The van der Waals surface area contributed by atoms with Crippen LogP contribution in [0.15, 0.2) is 78.2 Å². The van der Waals surface area contributed by atoms with Gasteiger partial charge in [0.1, 0.15) is 0 Å². The van der Waals surface area contributed by atoms with Gasteiger partial charge >= 0.3 is 0 Å². The Kier molecular flexibility index (Phi) is 7.33. The van der Waals surface area contributed by atoms with E-state index in [1.807, 2.05) is 60.7 Å².